The lowest BCUT2D eigenvalue weighted by atomic mass is 10.0. The Hall–Kier alpha value is -1.40. The van der Waals surface area contributed by atoms with E-state index in [4.69, 9.17) is 0 Å². The lowest BCUT2D eigenvalue weighted by Crippen LogP contribution is -2.45. The van der Waals surface area contributed by atoms with E-state index >= 15 is 0 Å². The Morgan fingerprint density at radius 3 is 2.73 bits per heavy atom. The quantitative estimate of drug-likeness (QED) is 0.897. The first-order valence-electron chi connectivity index (χ1n) is 8.29. The molecule has 0 spiro atoms. The first kappa shape index (κ1) is 15.5. The van der Waals surface area contributed by atoms with Crippen LogP contribution in [0.25, 0.3) is 0 Å². The van der Waals surface area contributed by atoms with Crippen LogP contribution < -0.4 is 0 Å². The molecule has 1 atom stereocenters. The molecule has 3 rings (SSSR count). The monoisotopic (exact) mass is 306 g/mol. The molecular formula is C16H26N4O2. The number of carbonyl (C=O) groups is 1. The van der Waals surface area contributed by atoms with Crippen molar-refractivity contribution in [2.24, 2.45) is 0 Å². The molecule has 2 aliphatic heterocycles. The summed E-state index contributed by atoms with van der Waals surface area (Å²) in [6, 6.07) is 0. The Morgan fingerprint density at radius 1 is 1.36 bits per heavy atom. The van der Waals surface area contributed by atoms with Gasteiger partial charge in [-0.15, -0.1) is 0 Å². The Balaban J connectivity index is 1.65. The highest BCUT2D eigenvalue weighted by atomic mass is 16.3. The molecule has 0 aliphatic carbocycles. The number of rotatable bonds is 4. The van der Waals surface area contributed by atoms with E-state index in [0.717, 1.165) is 25.3 Å². The molecule has 0 bridgehead atoms. The maximum absolute atomic E-state index is 12.7. The van der Waals surface area contributed by atoms with Crippen LogP contribution in [0.5, 0.6) is 0 Å². The van der Waals surface area contributed by atoms with Crippen LogP contribution in [0.15, 0.2) is 6.20 Å². The number of amides is 1. The van der Waals surface area contributed by atoms with Crippen molar-refractivity contribution in [2.45, 2.75) is 45.3 Å². The van der Waals surface area contributed by atoms with Gasteiger partial charge in [0.05, 0.1) is 23.4 Å². The summed E-state index contributed by atoms with van der Waals surface area (Å²) in [6.07, 6.45) is 4.91. The summed E-state index contributed by atoms with van der Waals surface area (Å²) in [5.41, 5.74) is 0.670. The lowest BCUT2D eigenvalue weighted by Gasteiger charge is -2.28. The second kappa shape index (κ2) is 6.01. The van der Waals surface area contributed by atoms with Gasteiger partial charge in [-0.1, -0.05) is 0 Å². The largest absolute Gasteiger partial charge is 0.387 e. The zero-order valence-electron chi connectivity index (χ0n) is 13.6. The Bertz CT molecular complexity index is 550. The minimum Gasteiger partial charge on any atom is -0.387 e. The molecule has 2 saturated heterocycles. The van der Waals surface area contributed by atoms with Crippen molar-refractivity contribution in [1.82, 2.24) is 19.6 Å². The summed E-state index contributed by atoms with van der Waals surface area (Å²) in [5, 5.41) is 15.1. The van der Waals surface area contributed by atoms with Crippen molar-refractivity contribution in [3.63, 3.8) is 0 Å². The van der Waals surface area contributed by atoms with Gasteiger partial charge in [0.1, 0.15) is 0 Å². The summed E-state index contributed by atoms with van der Waals surface area (Å²) in [5.74, 6) is -0.00505. The van der Waals surface area contributed by atoms with Crippen LogP contribution >= 0.6 is 0 Å². The van der Waals surface area contributed by atoms with E-state index in [1.54, 1.807) is 9.58 Å². The van der Waals surface area contributed by atoms with E-state index in [1.165, 1.54) is 12.8 Å². The minimum absolute atomic E-state index is 0.00505. The fraction of sp³-hybridized carbons (Fsp3) is 0.750. The van der Waals surface area contributed by atoms with Gasteiger partial charge in [-0.05, 0) is 46.2 Å². The van der Waals surface area contributed by atoms with Crippen molar-refractivity contribution < 1.29 is 9.90 Å². The predicted octanol–water partition coefficient (Wildman–Crippen LogP) is 0.884. The molecule has 22 heavy (non-hydrogen) atoms. The van der Waals surface area contributed by atoms with E-state index in [2.05, 4.69) is 10.00 Å². The molecule has 0 aromatic carbocycles. The Labute approximate surface area is 131 Å². The van der Waals surface area contributed by atoms with E-state index < -0.39 is 5.60 Å². The minimum atomic E-state index is -0.755. The molecule has 1 aromatic rings. The maximum Gasteiger partial charge on any atom is 0.257 e. The molecule has 122 valence electrons. The highest BCUT2D eigenvalue weighted by Crippen LogP contribution is 2.26. The summed E-state index contributed by atoms with van der Waals surface area (Å²) in [4.78, 5) is 16.8. The molecule has 0 saturated carbocycles. The van der Waals surface area contributed by atoms with Gasteiger partial charge in [0.15, 0.2) is 0 Å². The Kier molecular flexibility index (Phi) is 4.23. The van der Waals surface area contributed by atoms with Crippen LogP contribution in [0.2, 0.25) is 0 Å². The molecule has 0 unspecified atom stereocenters. The highest BCUT2D eigenvalue weighted by molar-refractivity contribution is 5.95. The number of nitrogens with zero attached hydrogens (tertiary/aromatic N) is 4. The standard InChI is InChI=1S/C16H26N4O2/c1-3-20-10-14(13(2)17-20)15(21)19-9-6-16(22,12-19)11-18-7-4-5-8-18/h10,22H,3-9,11-12H2,1-2H3/t16-/m0/s1. The first-order valence-corrected chi connectivity index (χ1v) is 8.29. The van der Waals surface area contributed by atoms with Gasteiger partial charge < -0.3 is 14.9 Å². The number of aliphatic hydroxyl groups is 1. The fourth-order valence-electron chi connectivity index (χ4n) is 3.58. The van der Waals surface area contributed by atoms with Crippen LogP contribution in [0.1, 0.15) is 42.2 Å². The zero-order chi connectivity index (χ0) is 15.7. The third-order valence-electron chi connectivity index (χ3n) is 4.84. The maximum atomic E-state index is 12.7. The number of hydrogen-bond acceptors (Lipinski definition) is 4. The van der Waals surface area contributed by atoms with Gasteiger partial charge in [-0.2, -0.15) is 5.10 Å². The normalized spacial score (nSPS) is 26.0. The van der Waals surface area contributed by atoms with E-state index in [1.807, 2.05) is 20.0 Å². The topological polar surface area (TPSA) is 61.6 Å². The number of likely N-dealkylation sites (tertiary alicyclic amines) is 2. The molecule has 6 nitrogen and oxygen atoms in total. The molecular weight excluding hydrogens is 280 g/mol. The first-order chi connectivity index (χ1) is 10.5. The van der Waals surface area contributed by atoms with Crippen LogP contribution in [0.4, 0.5) is 0 Å². The second-order valence-corrected chi connectivity index (χ2v) is 6.67. The van der Waals surface area contributed by atoms with Crippen molar-refractivity contribution >= 4 is 5.91 Å². The van der Waals surface area contributed by atoms with Crippen LogP contribution in [0.3, 0.4) is 0 Å². The van der Waals surface area contributed by atoms with Crippen molar-refractivity contribution in [2.75, 3.05) is 32.7 Å². The number of aromatic nitrogens is 2. The number of aryl methyl sites for hydroxylation is 2. The lowest BCUT2D eigenvalue weighted by molar-refractivity contribution is 0.0175. The summed E-state index contributed by atoms with van der Waals surface area (Å²) in [7, 11) is 0. The van der Waals surface area contributed by atoms with Crippen molar-refractivity contribution in [3.8, 4) is 0 Å². The molecule has 2 aliphatic rings. The summed E-state index contributed by atoms with van der Waals surface area (Å²) < 4.78 is 1.79. The molecule has 0 radical (unpaired) electrons. The molecule has 2 fully saturated rings. The average molecular weight is 306 g/mol. The molecule has 1 amide bonds. The third kappa shape index (κ3) is 3.03. The van der Waals surface area contributed by atoms with Crippen molar-refractivity contribution in [1.29, 1.82) is 0 Å². The predicted molar refractivity (Wildman–Crippen MR) is 83.8 cm³/mol. The van der Waals surface area contributed by atoms with Crippen LogP contribution in [-0.2, 0) is 6.54 Å². The van der Waals surface area contributed by atoms with Gasteiger partial charge in [-0.25, -0.2) is 0 Å². The summed E-state index contributed by atoms with van der Waals surface area (Å²) >= 11 is 0. The van der Waals surface area contributed by atoms with Crippen LogP contribution in [-0.4, -0.2) is 68.9 Å². The van der Waals surface area contributed by atoms with Gasteiger partial charge in [0, 0.05) is 25.8 Å². The highest BCUT2D eigenvalue weighted by Gasteiger charge is 2.40. The van der Waals surface area contributed by atoms with Crippen LogP contribution in [0, 0.1) is 6.92 Å². The van der Waals surface area contributed by atoms with Gasteiger partial charge >= 0.3 is 0 Å². The third-order valence-corrected chi connectivity index (χ3v) is 4.84. The summed E-state index contributed by atoms with van der Waals surface area (Å²) in [6.45, 7) is 8.50. The number of β-amino-alcohol motifs (C(OH)–C–C–N with tert-alkyl or cyclic N) is 1. The number of hydrogen-bond donors (Lipinski definition) is 1. The van der Waals surface area contributed by atoms with Gasteiger partial charge in [0.25, 0.3) is 5.91 Å². The van der Waals surface area contributed by atoms with E-state index in [9.17, 15) is 9.90 Å². The van der Waals surface area contributed by atoms with Crippen molar-refractivity contribution in [3.05, 3.63) is 17.5 Å². The number of carbonyl (C=O) groups excluding carboxylic acids is 1. The van der Waals surface area contributed by atoms with Gasteiger partial charge in [-0.3, -0.25) is 9.48 Å². The van der Waals surface area contributed by atoms with Gasteiger partial charge in [0.2, 0.25) is 0 Å². The molecule has 1 aromatic heterocycles. The molecule has 3 heterocycles. The molecule has 1 N–H and O–H groups in total. The average Bonchev–Trinajstić information content (AvgIpc) is 3.19. The fourth-order valence-corrected chi connectivity index (χ4v) is 3.58. The zero-order valence-corrected chi connectivity index (χ0v) is 13.6. The smallest absolute Gasteiger partial charge is 0.257 e. The molecule has 6 heteroatoms. The second-order valence-electron chi connectivity index (χ2n) is 6.67. The Morgan fingerprint density at radius 2 is 2.09 bits per heavy atom. The van der Waals surface area contributed by atoms with E-state index in [-0.39, 0.29) is 5.91 Å². The SMILES string of the molecule is CCn1cc(C(=O)N2CC[C@](O)(CN3CCCC3)C2)c(C)n1. The van der Waals surface area contributed by atoms with E-state index in [0.29, 0.717) is 31.6 Å².